The molecule has 2 heterocycles. The molecule has 3 rings (SSSR count). The fraction of sp³-hybridized carbons (Fsp3) is 0.385. The molecular formula is C13H15N5O2. The first-order valence-corrected chi connectivity index (χ1v) is 6.48. The van der Waals surface area contributed by atoms with Gasteiger partial charge in [-0.1, -0.05) is 6.07 Å². The molecule has 104 valence electrons. The highest BCUT2D eigenvalue weighted by Crippen LogP contribution is 2.30. The number of hydrogen-bond acceptors (Lipinski definition) is 5. The number of aromatic carboxylic acids is 1. The molecule has 1 aliphatic heterocycles. The number of aryl methyl sites for hydroxylation is 1. The highest BCUT2D eigenvalue weighted by molar-refractivity contribution is 5.91. The number of carboxylic acids is 1. The number of carbonyl (C=O) groups is 1. The summed E-state index contributed by atoms with van der Waals surface area (Å²) in [5.41, 5.74) is 2.25. The van der Waals surface area contributed by atoms with Crippen molar-refractivity contribution in [2.45, 2.75) is 19.4 Å². The molecule has 0 amide bonds. The number of hydrogen-bond donors (Lipinski definition) is 1. The number of nitrogens with zero attached hydrogens (tertiary/aromatic N) is 5. The Morgan fingerprint density at radius 2 is 2.30 bits per heavy atom. The number of tetrazole rings is 1. The van der Waals surface area contributed by atoms with Crippen molar-refractivity contribution >= 4 is 11.7 Å². The standard InChI is InChI=1S/C13H15N5O2/c1-17-15-12(14-16-17)8-18-7-3-5-9-10(13(19)20)4-2-6-11(9)18/h2,4,6H,3,5,7-8H2,1H3,(H,19,20). The summed E-state index contributed by atoms with van der Waals surface area (Å²) in [6, 6.07) is 5.40. The Kier molecular flexibility index (Phi) is 3.09. The number of fused-ring (bicyclic) bond motifs is 1. The molecule has 0 saturated heterocycles. The molecule has 0 radical (unpaired) electrons. The number of aromatic nitrogens is 4. The van der Waals surface area contributed by atoms with Gasteiger partial charge in [0.1, 0.15) is 0 Å². The van der Waals surface area contributed by atoms with Gasteiger partial charge < -0.3 is 10.0 Å². The SMILES string of the molecule is Cn1nnc(CN2CCCc3c(C(=O)O)cccc32)n1. The van der Waals surface area contributed by atoms with E-state index in [0.29, 0.717) is 17.9 Å². The van der Waals surface area contributed by atoms with E-state index in [2.05, 4.69) is 20.3 Å². The van der Waals surface area contributed by atoms with Gasteiger partial charge in [0.15, 0.2) is 5.82 Å². The lowest BCUT2D eigenvalue weighted by Gasteiger charge is -2.31. The van der Waals surface area contributed by atoms with Crippen LogP contribution in [0.4, 0.5) is 5.69 Å². The van der Waals surface area contributed by atoms with Crippen LogP contribution in [0.2, 0.25) is 0 Å². The van der Waals surface area contributed by atoms with Crippen molar-refractivity contribution in [2.24, 2.45) is 7.05 Å². The van der Waals surface area contributed by atoms with Crippen LogP contribution in [0.15, 0.2) is 18.2 Å². The van der Waals surface area contributed by atoms with Crippen molar-refractivity contribution in [2.75, 3.05) is 11.4 Å². The first kappa shape index (κ1) is 12.6. The summed E-state index contributed by atoms with van der Waals surface area (Å²) in [7, 11) is 1.73. The second kappa shape index (κ2) is 4.92. The molecule has 20 heavy (non-hydrogen) atoms. The van der Waals surface area contributed by atoms with E-state index in [9.17, 15) is 9.90 Å². The van der Waals surface area contributed by atoms with E-state index in [0.717, 1.165) is 30.6 Å². The Labute approximate surface area is 115 Å². The summed E-state index contributed by atoms with van der Waals surface area (Å²) in [6.07, 6.45) is 1.72. The second-order valence-corrected chi connectivity index (χ2v) is 4.83. The maximum atomic E-state index is 11.3. The molecule has 0 saturated carbocycles. The average molecular weight is 273 g/mol. The van der Waals surface area contributed by atoms with Gasteiger partial charge in [-0.05, 0) is 35.8 Å². The minimum atomic E-state index is -0.874. The maximum Gasteiger partial charge on any atom is 0.336 e. The number of carboxylic acid groups (broad SMARTS) is 1. The van der Waals surface area contributed by atoms with Gasteiger partial charge >= 0.3 is 5.97 Å². The number of benzene rings is 1. The van der Waals surface area contributed by atoms with E-state index < -0.39 is 5.97 Å². The number of anilines is 1. The van der Waals surface area contributed by atoms with Crippen molar-refractivity contribution in [1.82, 2.24) is 20.2 Å². The van der Waals surface area contributed by atoms with Gasteiger partial charge in [0.05, 0.1) is 19.2 Å². The lowest BCUT2D eigenvalue weighted by atomic mass is 9.96. The van der Waals surface area contributed by atoms with Gasteiger partial charge in [-0.25, -0.2) is 4.79 Å². The van der Waals surface area contributed by atoms with E-state index in [1.807, 2.05) is 6.07 Å². The minimum Gasteiger partial charge on any atom is -0.478 e. The van der Waals surface area contributed by atoms with Gasteiger partial charge in [-0.3, -0.25) is 0 Å². The zero-order valence-corrected chi connectivity index (χ0v) is 11.2. The molecule has 1 aromatic carbocycles. The zero-order chi connectivity index (χ0) is 14.1. The summed E-state index contributed by atoms with van der Waals surface area (Å²) >= 11 is 0. The van der Waals surface area contributed by atoms with Gasteiger partial charge in [-0.2, -0.15) is 4.80 Å². The Hall–Kier alpha value is -2.44. The second-order valence-electron chi connectivity index (χ2n) is 4.83. The number of rotatable bonds is 3. The lowest BCUT2D eigenvalue weighted by molar-refractivity contribution is 0.0695. The first-order valence-electron chi connectivity index (χ1n) is 6.48. The average Bonchev–Trinajstić information content (AvgIpc) is 2.84. The highest BCUT2D eigenvalue weighted by atomic mass is 16.4. The van der Waals surface area contributed by atoms with Crippen LogP contribution >= 0.6 is 0 Å². The third-order valence-electron chi connectivity index (χ3n) is 3.46. The summed E-state index contributed by atoms with van der Waals surface area (Å²) < 4.78 is 0. The van der Waals surface area contributed by atoms with Crippen LogP contribution in [0.5, 0.6) is 0 Å². The van der Waals surface area contributed by atoms with Crippen LogP contribution in [0.25, 0.3) is 0 Å². The third kappa shape index (κ3) is 2.22. The molecule has 0 aliphatic carbocycles. The van der Waals surface area contributed by atoms with Crippen LogP contribution in [0.3, 0.4) is 0 Å². The predicted molar refractivity (Wildman–Crippen MR) is 71.6 cm³/mol. The molecule has 0 atom stereocenters. The van der Waals surface area contributed by atoms with Crippen LogP contribution in [0, 0.1) is 0 Å². The summed E-state index contributed by atoms with van der Waals surface area (Å²) in [5.74, 6) is -0.234. The molecule has 7 nitrogen and oxygen atoms in total. The molecular weight excluding hydrogens is 258 g/mol. The van der Waals surface area contributed by atoms with Crippen molar-refractivity contribution in [3.8, 4) is 0 Å². The van der Waals surface area contributed by atoms with E-state index in [-0.39, 0.29) is 0 Å². The fourth-order valence-electron chi connectivity index (χ4n) is 2.62. The van der Waals surface area contributed by atoms with Crippen molar-refractivity contribution < 1.29 is 9.90 Å². The fourth-order valence-corrected chi connectivity index (χ4v) is 2.62. The molecule has 0 unspecified atom stereocenters. The van der Waals surface area contributed by atoms with Crippen LogP contribution < -0.4 is 4.90 Å². The lowest BCUT2D eigenvalue weighted by Crippen LogP contribution is -2.30. The van der Waals surface area contributed by atoms with Crippen molar-refractivity contribution in [3.63, 3.8) is 0 Å². The molecule has 0 bridgehead atoms. The van der Waals surface area contributed by atoms with E-state index in [1.165, 1.54) is 4.80 Å². The van der Waals surface area contributed by atoms with Crippen LogP contribution in [-0.4, -0.2) is 37.8 Å². The highest BCUT2D eigenvalue weighted by Gasteiger charge is 2.22. The van der Waals surface area contributed by atoms with Crippen LogP contribution in [0.1, 0.15) is 28.2 Å². The van der Waals surface area contributed by atoms with Gasteiger partial charge in [-0.15, -0.1) is 10.2 Å². The topological polar surface area (TPSA) is 84.1 Å². The van der Waals surface area contributed by atoms with Crippen LogP contribution in [-0.2, 0) is 20.0 Å². The summed E-state index contributed by atoms with van der Waals surface area (Å²) in [4.78, 5) is 14.8. The summed E-state index contributed by atoms with van der Waals surface area (Å²) in [6.45, 7) is 1.41. The van der Waals surface area contributed by atoms with E-state index in [4.69, 9.17) is 0 Å². The van der Waals surface area contributed by atoms with Gasteiger partial charge in [0.2, 0.25) is 0 Å². The Morgan fingerprint density at radius 3 is 3.00 bits per heavy atom. The maximum absolute atomic E-state index is 11.3. The molecule has 1 N–H and O–H groups in total. The molecule has 1 aliphatic rings. The molecule has 2 aromatic rings. The zero-order valence-electron chi connectivity index (χ0n) is 11.2. The van der Waals surface area contributed by atoms with E-state index in [1.54, 1.807) is 19.2 Å². The smallest absolute Gasteiger partial charge is 0.336 e. The molecule has 1 aromatic heterocycles. The molecule has 0 spiro atoms. The monoisotopic (exact) mass is 273 g/mol. The van der Waals surface area contributed by atoms with Crippen molar-refractivity contribution in [1.29, 1.82) is 0 Å². The quantitative estimate of drug-likeness (QED) is 0.893. The Morgan fingerprint density at radius 1 is 1.45 bits per heavy atom. The van der Waals surface area contributed by atoms with Gasteiger partial charge in [0, 0.05) is 12.2 Å². The summed E-state index contributed by atoms with van der Waals surface area (Å²) in [5, 5.41) is 21.2. The minimum absolute atomic E-state index is 0.388. The molecule has 7 heteroatoms. The molecule has 0 fully saturated rings. The normalized spacial score (nSPS) is 14.2. The third-order valence-corrected chi connectivity index (χ3v) is 3.46. The predicted octanol–water partition coefficient (Wildman–Crippen LogP) is 0.861. The van der Waals surface area contributed by atoms with E-state index >= 15 is 0 Å². The Balaban J connectivity index is 1.94. The van der Waals surface area contributed by atoms with Crippen molar-refractivity contribution in [3.05, 3.63) is 35.2 Å². The van der Waals surface area contributed by atoms with Gasteiger partial charge in [0.25, 0.3) is 0 Å². The first-order chi connectivity index (χ1) is 9.65. The Bertz CT molecular complexity index is 652. The largest absolute Gasteiger partial charge is 0.478 e.